The number of aromatic nitrogens is 1. The van der Waals surface area contributed by atoms with Gasteiger partial charge in [0.1, 0.15) is 0 Å². The van der Waals surface area contributed by atoms with E-state index in [4.69, 9.17) is 0 Å². The molecule has 0 unspecified atom stereocenters. The molecular formula is C70H44BN3. The first kappa shape index (κ1) is 41.0. The van der Waals surface area contributed by atoms with Crippen molar-refractivity contribution in [2.45, 2.75) is 0 Å². The maximum atomic E-state index is 2.65. The Morgan fingerprint density at radius 1 is 0.257 bits per heavy atom. The highest BCUT2D eigenvalue weighted by molar-refractivity contribution is 7.00. The van der Waals surface area contributed by atoms with Gasteiger partial charge in [-0.15, -0.1) is 0 Å². The Morgan fingerprint density at radius 3 is 1.01 bits per heavy atom. The maximum absolute atomic E-state index is 2.65. The van der Waals surface area contributed by atoms with Crippen molar-refractivity contribution < 1.29 is 0 Å². The summed E-state index contributed by atoms with van der Waals surface area (Å²) in [6.07, 6.45) is 0. The second-order valence-corrected chi connectivity index (χ2v) is 19.9. The van der Waals surface area contributed by atoms with E-state index < -0.39 is 0 Å². The topological polar surface area (TPSA) is 11.4 Å². The van der Waals surface area contributed by atoms with E-state index in [0.717, 1.165) is 17.1 Å². The minimum atomic E-state index is -0.0779. The summed E-state index contributed by atoms with van der Waals surface area (Å²) < 4.78 is 2.51. The molecule has 13 aromatic carbocycles. The SMILES string of the molecule is c1ccc(-c2c(N3c4ccccc4B4c5ccccc5N(c5c(-c6ccccc6)c6ccccc6c6ccccc56)c5cc(-n6c7ccccc7c7ccccc76)cc3c54)c3ccccc3c3ccccc23)cc1. The number of nitrogens with zero attached hydrogens (tertiary/aromatic N) is 3. The summed E-state index contributed by atoms with van der Waals surface area (Å²) in [5.74, 6) is 0. The van der Waals surface area contributed by atoms with Gasteiger partial charge in [-0.3, -0.25) is 0 Å². The number of benzene rings is 13. The summed E-state index contributed by atoms with van der Waals surface area (Å²) in [5.41, 5.74) is 19.1. The molecule has 0 aliphatic carbocycles. The second kappa shape index (κ2) is 15.9. The molecule has 14 aromatic rings. The molecule has 2 aliphatic rings. The molecule has 0 saturated carbocycles. The number of hydrogen-bond acceptors (Lipinski definition) is 2. The number of fused-ring (bicyclic) bond motifs is 13. The molecule has 0 fully saturated rings. The van der Waals surface area contributed by atoms with Crippen molar-refractivity contribution in [1.82, 2.24) is 4.57 Å². The van der Waals surface area contributed by atoms with Gasteiger partial charge in [0.2, 0.25) is 0 Å². The molecule has 3 nitrogen and oxygen atoms in total. The van der Waals surface area contributed by atoms with Gasteiger partial charge in [-0.05, 0) is 96.2 Å². The van der Waals surface area contributed by atoms with Crippen molar-refractivity contribution in [1.29, 1.82) is 0 Å². The lowest BCUT2D eigenvalue weighted by Gasteiger charge is -2.45. The molecule has 0 saturated heterocycles. The number of hydrogen-bond donors (Lipinski definition) is 0. The zero-order valence-corrected chi connectivity index (χ0v) is 40.3. The van der Waals surface area contributed by atoms with Gasteiger partial charge >= 0.3 is 0 Å². The Hall–Kier alpha value is -9.64. The Kier molecular flexibility index (Phi) is 8.83. The molecule has 0 radical (unpaired) electrons. The first-order valence-corrected chi connectivity index (χ1v) is 25.7. The normalized spacial score (nSPS) is 12.8. The molecule has 1 aromatic heterocycles. The van der Waals surface area contributed by atoms with Crippen molar-refractivity contribution in [2.24, 2.45) is 0 Å². The average molecular weight is 938 g/mol. The molecular weight excluding hydrogens is 894 g/mol. The van der Waals surface area contributed by atoms with E-state index in [0.29, 0.717) is 0 Å². The zero-order valence-electron chi connectivity index (χ0n) is 40.3. The van der Waals surface area contributed by atoms with Crippen LogP contribution < -0.4 is 26.2 Å². The van der Waals surface area contributed by atoms with Gasteiger partial charge in [0.05, 0.1) is 28.1 Å². The molecule has 0 atom stereocenters. The third-order valence-corrected chi connectivity index (χ3v) is 16.1. The summed E-state index contributed by atoms with van der Waals surface area (Å²) in [4.78, 5) is 5.31. The largest absolute Gasteiger partial charge is 0.310 e. The number of rotatable bonds is 5. The van der Waals surface area contributed by atoms with Crippen LogP contribution >= 0.6 is 0 Å². The van der Waals surface area contributed by atoms with Crippen LogP contribution in [0.15, 0.2) is 267 Å². The van der Waals surface area contributed by atoms with Gasteiger partial charge in [-0.25, -0.2) is 0 Å². The lowest BCUT2D eigenvalue weighted by molar-refractivity contribution is 1.16. The average Bonchev–Trinajstić information content (AvgIpc) is 3.83. The minimum Gasteiger partial charge on any atom is -0.310 e. The molecule has 0 amide bonds. The van der Waals surface area contributed by atoms with Crippen LogP contribution in [0.25, 0.3) is 92.8 Å². The third-order valence-electron chi connectivity index (χ3n) is 16.1. The van der Waals surface area contributed by atoms with Gasteiger partial charge in [-0.2, -0.15) is 0 Å². The highest BCUT2D eigenvalue weighted by atomic mass is 15.2. The van der Waals surface area contributed by atoms with E-state index in [9.17, 15) is 0 Å². The van der Waals surface area contributed by atoms with Crippen LogP contribution in [0.2, 0.25) is 0 Å². The monoisotopic (exact) mass is 937 g/mol. The molecule has 74 heavy (non-hydrogen) atoms. The van der Waals surface area contributed by atoms with E-state index in [1.807, 2.05) is 0 Å². The smallest absolute Gasteiger partial charge is 0.252 e. The number of para-hydroxylation sites is 4. The van der Waals surface area contributed by atoms with Crippen LogP contribution in [0.3, 0.4) is 0 Å². The van der Waals surface area contributed by atoms with Crippen LogP contribution in [-0.2, 0) is 0 Å². The molecule has 4 heteroatoms. The molecule has 0 bridgehead atoms. The second-order valence-electron chi connectivity index (χ2n) is 19.9. The quantitative estimate of drug-likeness (QED) is 0.126. The third kappa shape index (κ3) is 5.73. The summed E-state index contributed by atoms with van der Waals surface area (Å²) >= 11 is 0. The molecule has 2 aliphatic heterocycles. The Morgan fingerprint density at radius 2 is 0.581 bits per heavy atom. The van der Waals surface area contributed by atoms with E-state index in [1.54, 1.807) is 0 Å². The zero-order chi connectivity index (χ0) is 48.4. The highest BCUT2D eigenvalue weighted by Gasteiger charge is 2.45. The molecule has 16 rings (SSSR count). The number of anilines is 6. The molecule has 0 spiro atoms. The fourth-order valence-electron chi connectivity index (χ4n) is 13.2. The minimum absolute atomic E-state index is 0.0779. The predicted molar refractivity (Wildman–Crippen MR) is 316 cm³/mol. The molecule has 0 N–H and O–H groups in total. The summed E-state index contributed by atoms with van der Waals surface area (Å²) in [7, 11) is 0. The van der Waals surface area contributed by atoms with Crippen molar-refractivity contribution in [3.05, 3.63) is 267 Å². The summed E-state index contributed by atoms with van der Waals surface area (Å²) in [6.45, 7) is -0.0779. The van der Waals surface area contributed by atoms with E-state index in [1.165, 1.54) is 126 Å². The Labute approximate surface area is 429 Å². The fraction of sp³-hybridized carbons (Fsp3) is 0. The van der Waals surface area contributed by atoms with Crippen molar-refractivity contribution in [3.8, 4) is 27.9 Å². The van der Waals surface area contributed by atoms with E-state index in [-0.39, 0.29) is 6.71 Å². The molecule has 3 heterocycles. The van der Waals surface area contributed by atoms with Gasteiger partial charge in [0.25, 0.3) is 6.71 Å². The van der Waals surface area contributed by atoms with Crippen LogP contribution in [-0.4, -0.2) is 11.3 Å². The Bertz CT molecular complexity index is 4350. The van der Waals surface area contributed by atoms with Gasteiger partial charge in [-0.1, -0.05) is 231 Å². The Balaban J connectivity index is 1.13. The van der Waals surface area contributed by atoms with Crippen molar-refractivity contribution >= 4 is 122 Å². The molecule has 342 valence electrons. The fourth-order valence-corrected chi connectivity index (χ4v) is 13.2. The van der Waals surface area contributed by atoms with Crippen LogP contribution in [0.5, 0.6) is 0 Å². The lowest BCUT2D eigenvalue weighted by Crippen LogP contribution is -2.61. The first-order chi connectivity index (χ1) is 36.8. The van der Waals surface area contributed by atoms with Gasteiger partial charge in [0.15, 0.2) is 0 Å². The van der Waals surface area contributed by atoms with Crippen LogP contribution in [0, 0.1) is 0 Å². The standard InChI is InChI=1S/C70H44BN3/c1-3-23-45(24-4-1)66-54-33-11-7-27-48(54)50-29-9-13-35-56(50)69(66)73-62-41-21-17-37-58(62)71-59-38-18-22-42-63(59)74(70-57-36-14-10-30-51(57)49-28-8-12-34-55(49)67(70)46-25-5-2-6-26-46)65-44-47(43-64(73)68(65)71)72-60-39-19-15-31-52(60)53-32-16-20-40-61(53)72/h1-44H. The summed E-state index contributed by atoms with van der Waals surface area (Å²) in [6, 6.07) is 99.6. The summed E-state index contributed by atoms with van der Waals surface area (Å²) in [5, 5.41) is 12.3. The first-order valence-electron chi connectivity index (χ1n) is 25.7. The van der Waals surface area contributed by atoms with Crippen molar-refractivity contribution in [2.75, 3.05) is 9.80 Å². The van der Waals surface area contributed by atoms with Crippen molar-refractivity contribution in [3.63, 3.8) is 0 Å². The van der Waals surface area contributed by atoms with Gasteiger partial charge < -0.3 is 14.4 Å². The maximum Gasteiger partial charge on any atom is 0.252 e. The van der Waals surface area contributed by atoms with Crippen LogP contribution in [0.4, 0.5) is 34.1 Å². The van der Waals surface area contributed by atoms with Gasteiger partial charge in [0, 0.05) is 55.4 Å². The predicted octanol–water partition coefficient (Wildman–Crippen LogP) is 16.8. The lowest BCUT2D eigenvalue weighted by atomic mass is 9.33. The van der Waals surface area contributed by atoms with E-state index in [2.05, 4.69) is 281 Å². The highest BCUT2D eigenvalue weighted by Crippen LogP contribution is 2.55. The van der Waals surface area contributed by atoms with Crippen LogP contribution in [0.1, 0.15) is 0 Å². The van der Waals surface area contributed by atoms with E-state index >= 15 is 0 Å².